The number of rotatable bonds is 4. The predicted octanol–water partition coefficient (Wildman–Crippen LogP) is 0.927. The molecule has 3 heterocycles. The molecule has 9 heteroatoms. The van der Waals surface area contributed by atoms with Gasteiger partial charge in [0, 0.05) is 26.3 Å². The van der Waals surface area contributed by atoms with Crippen molar-refractivity contribution < 1.29 is 23.8 Å². The number of nitriles is 1. The van der Waals surface area contributed by atoms with Gasteiger partial charge in [0.2, 0.25) is 6.79 Å². The lowest BCUT2D eigenvalue weighted by Crippen LogP contribution is -2.70. The van der Waals surface area contributed by atoms with Crippen LogP contribution in [0.15, 0.2) is 30.9 Å². The Hall–Kier alpha value is -2.70. The number of carbonyl (C=O) groups is 2. The van der Waals surface area contributed by atoms with E-state index in [2.05, 4.69) is 25.3 Å². The Morgan fingerprint density at radius 2 is 2.14 bits per heavy atom. The highest BCUT2D eigenvalue weighted by atomic mass is 32.1. The molecule has 0 bridgehead atoms. The van der Waals surface area contributed by atoms with Gasteiger partial charge in [0.15, 0.2) is 11.5 Å². The lowest BCUT2D eigenvalue weighted by Gasteiger charge is -2.44. The van der Waals surface area contributed by atoms with Crippen LogP contribution in [0, 0.1) is 16.7 Å². The van der Waals surface area contributed by atoms with Gasteiger partial charge < -0.3 is 19.1 Å². The fraction of sp³-hybridized carbons (Fsp3) is 0.450. The number of benzene rings is 1. The summed E-state index contributed by atoms with van der Waals surface area (Å²) in [5, 5.41) is 8.33. The van der Waals surface area contributed by atoms with Crippen LogP contribution in [0.25, 0.3) is 0 Å². The maximum absolute atomic E-state index is 13.6. The molecule has 1 aromatic carbocycles. The largest absolute Gasteiger partial charge is 0.454 e. The summed E-state index contributed by atoms with van der Waals surface area (Å²) in [4.78, 5) is 29.7. The van der Waals surface area contributed by atoms with Crippen LogP contribution in [0.1, 0.15) is 24.9 Å². The van der Waals surface area contributed by atoms with Crippen molar-refractivity contribution in [3.63, 3.8) is 0 Å². The molecule has 0 radical (unpaired) electrons. The standard InChI is InChI=1S/C20H21N3O5S/c1-4-7-22-17(24)13-9-19(2,10-21)16(23(13)18(25)20(22,29)26-3)12-5-6-14-15(8-12)28-11-27-14/h4-6,8,13,16,29H,1,7,9,11H2,2-3H3/p+1/t13?,16?,19-,20+/m1/s1. The molecule has 152 valence electrons. The Balaban J connectivity index is 1.84. The first-order valence-electron chi connectivity index (χ1n) is 9.17. The summed E-state index contributed by atoms with van der Waals surface area (Å²) in [7, 11) is 1.35. The third-order valence-electron chi connectivity index (χ3n) is 5.87. The van der Waals surface area contributed by atoms with E-state index in [-0.39, 0.29) is 25.7 Å². The molecule has 2 unspecified atom stereocenters. The number of hydrogen-bond donors (Lipinski definition) is 0. The topological polar surface area (TPSA) is 92.1 Å². The zero-order valence-corrected chi connectivity index (χ0v) is 17.2. The van der Waals surface area contributed by atoms with Crippen LogP contribution in [0.2, 0.25) is 0 Å². The van der Waals surface area contributed by atoms with Crippen molar-refractivity contribution in [1.29, 1.82) is 5.26 Å². The van der Waals surface area contributed by atoms with E-state index in [9.17, 15) is 14.9 Å². The van der Waals surface area contributed by atoms with Gasteiger partial charge in [-0.1, -0.05) is 12.1 Å². The van der Waals surface area contributed by atoms with Gasteiger partial charge in [0.25, 0.3) is 5.91 Å². The lowest BCUT2D eigenvalue weighted by molar-refractivity contribution is -0.185. The Bertz CT molecular complexity index is 947. The third-order valence-corrected chi connectivity index (χ3v) is 6.55. The first-order chi connectivity index (χ1) is 13.8. The van der Waals surface area contributed by atoms with Crippen molar-refractivity contribution in [2.24, 2.45) is 5.41 Å². The average Bonchev–Trinajstić information content (AvgIpc) is 3.31. The number of piperazine rings is 1. The molecule has 3 aliphatic heterocycles. The van der Waals surface area contributed by atoms with Crippen LogP contribution in [0.5, 0.6) is 11.5 Å². The van der Waals surface area contributed by atoms with Crippen LogP contribution in [0.4, 0.5) is 0 Å². The monoisotopic (exact) mass is 416 g/mol. The summed E-state index contributed by atoms with van der Waals surface area (Å²) in [5.74, 6) is 0.411. The minimum absolute atomic E-state index is 0.118. The van der Waals surface area contributed by atoms with Crippen molar-refractivity contribution in [2.75, 3.05) is 20.4 Å². The highest BCUT2D eigenvalue weighted by molar-refractivity contribution is 7.61. The summed E-state index contributed by atoms with van der Waals surface area (Å²) < 4.78 is 16.3. The fourth-order valence-corrected chi connectivity index (χ4v) is 4.78. The number of amides is 2. The minimum atomic E-state index is -1.67. The molecule has 4 rings (SSSR count). The van der Waals surface area contributed by atoms with Crippen LogP contribution >= 0.6 is 0 Å². The number of ether oxygens (including phenoxy) is 3. The molecule has 1 aromatic rings. The Kier molecular flexibility index (Phi) is 4.52. The molecular weight excluding hydrogens is 394 g/mol. The molecule has 3 aliphatic rings. The van der Waals surface area contributed by atoms with E-state index < -0.39 is 28.5 Å². The summed E-state index contributed by atoms with van der Waals surface area (Å²) in [6.45, 7) is 5.68. The van der Waals surface area contributed by atoms with Crippen molar-refractivity contribution >= 4 is 24.4 Å². The van der Waals surface area contributed by atoms with E-state index >= 15 is 0 Å². The molecule has 4 atom stereocenters. The smallest absolute Gasteiger partial charge is 0.388 e. The second kappa shape index (κ2) is 6.68. The molecule has 2 amide bonds. The summed E-state index contributed by atoms with van der Waals surface area (Å²) >= 11 is 3.40. The van der Waals surface area contributed by atoms with E-state index in [1.165, 1.54) is 23.0 Å². The molecule has 2 fully saturated rings. The van der Waals surface area contributed by atoms with Gasteiger partial charge in [-0.15, -0.1) is 6.58 Å². The SMILES string of the molecule is C=CCN1C(=O)C2C[C@](C)(C#N)C(c3ccc4c(c3)OCO4)N2C(=O)[C@@]1([SH2+])OC. The Morgan fingerprint density at radius 1 is 1.41 bits per heavy atom. The maximum Gasteiger partial charge on any atom is 0.388 e. The fourth-order valence-electron chi connectivity index (χ4n) is 4.45. The molecule has 8 nitrogen and oxygen atoms in total. The third kappa shape index (κ3) is 2.63. The molecule has 2 saturated heterocycles. The number of methoxy groups -OCH3 is 1. The van der Waals surface area contributed by atoms with Gasteiger partial charge in [0.1, 0.15) is 6.04 Å². The molecule has 0 saturated carbocycles. The van der Waals surface area contributed by atoms with E-state index in [0.29, 0.717) is 17.1 Å². The van der Waals surface area contributed by atoms with E-state index in [1.54, 1.807) is 25.1 Å². The minimum Gasteiger partial charge on any atom is -0.454 e. The molecular formula is C20H22N3O5S+. The van der Waals surface area contributed by atoms with Crippen molar-refractivity contribution in [1.82, 2.24) is 9.80 Å². The lowest BCUT2D eigenvalue weighted by atomic mass is 9.79. The summed E-state index contributed by atoms with van der Waals surface area (Å²) in [6.07, 6.45) is 1.75. The zero-order chi connectivity index (χ0) is 21.0. The first kappa shape index (κ1) is 19.6. The predicted molar refractivity (Wildman–Crippen MR) is 106 cm³/mol. The molecule has 29 heavy (non-hydrogen) atoms. The van der Waals surface area contributed by atoms with Gasteiger partial charge in [-0.25, -0.2) is 0 Å². The molecule has 0 spiro atoms. The van der Waals surface area contributed by atoms with Crippen LogP contribution in [-0.4, -0.2) is 53.2 Å². The normalized spacial score (nSPS) is 32.9. The van der Waals surface area contributed by atoms with E-state index in [1.807, 2.05) is 0 Å². The van der Waals surface area contributed by atoms with Crippen LogP contribution < -0.4 is 9.47 Å². The molecule has 0 aliphatic carbocycles. The number of carbonyl (C=O) groups excluding carboxylic acids is 2. The molecule has 0 aromatic heterocycles. The van der Waals surface area contributed by atoms with Crippen molar-refractivity contribution in [3.05, 3.63) is 36.4 Å². The quantitative estimate of drug-likeness (QED) is 0.536. The highest BCUT2D eigenvalue weighted by Gasteiger charge is 2.67. The van der Waals surface area contributed by atoms with E-state index in [0.717, 1.165) is 0 Å². The number of nitrogens with zero attached hydrogens (tertiary/aromatic N) is 3. The molecule has 0 N–H and O–H groups in total. The summed E-state index contributed by atoms with van der Waals surface area (Å²) in [5.41, 5.74) is -0.279. The summed E-state index contributed by atoms with van der Waals surface area (Å²) in [6, 6.07) is 6.22. The van der Waals surface area contributed by atoms with Gasteiger partial charge in [-0.3, -0.25) is 14.5 Å². The second-order valence-electron chi connectivity index (χ2n) is 7.56. The first-order valence-corrected chi connectivity index (χ1v) is 9.67. The van der Waals surface area contributed by atoms with Crippen LogP contribution in [0.3, 0.4) is 0 Å². The van der Waals surface area contributed by atoms with Gasteiger partial charge in [-0.2, -0.15) is 5.26 Å². The van der Waals surface area contributed by atoms with Crippen molar-refractivity contribution in [2.45, 2.75) is 30.5 Å². The number of hydrogen-bond acceptors (Lipinski definition) is 6. The van der Waals surface area contributed by atoms with Gasteiger partial charge >= 0.3 is 11.0 Å². The van der Waals surface area contributed by atoms with Gasteiger partial charge in [-0.05, 0) is 31.0 Å². The average molecular weight is 416 g/mol. The maximum atomic E-state index is 13.6. The van der Waals surface area contributed by atoms with Crippen LogP contribution in [-0.2, 0) is 27.0 Å². The Morgan fingerprint density at radius 3 is 2.79 bits per heavy atom. The highest BCUT2D eigenvalue weighted by Crippen LogP contribution is 2.54. The van der Waals surface area contributed by atoms with Gasteiger partial charge in [0.05, 0.1) is 17.5 Å². The Labute approximate surface area is 174 Å². The second-order valence-corrected chi connectivity index (χ2v) is 8.24. The number of fused-ring (bicyclic) bond motifs is 2. The van der Waals surface area contributed by atoms with E-state index in [4.69, 9.17) is 14.2 Å². The van der Waals surface area contributed by atoms with Crippen molar-refractivity contribution in [3.8, 4) is 17.6 Å². The zero-order valence-electron chi connectivity index (χ0n) is 16.2.